The van der Waals surface area contributed by atoms with E-state index in [-0.39, 0.29) is 5.56 Å². The van der Waals surface area contributed by atoms with Crippen molar-refractivity contribution in [3.63, 3.8) is 0 Å². The van der Waals surface area contributed by atoms with Crippen LogP contribution in [0.2, 0.25) is 0 Å². The number of benzene rings is 1. The van der Waals surface area contributed by atoms with Gasteiger partial charge in [0.25, 0.3) is 5.91 Å². The van der Waals surface area contributed by atoms with Crippen LogP contribution in [0.15, 0.2) is 18.2 Å². The van der Waals surface area contributed by atoms with E-state index < -0.39 is 29.2 Å². The van der Waals surface area contributed by atoms with Gasteiger partial charge in [-0.3, -0.25) is 4.79 Å². The summed E-state index contributed by atoms with van der Waals surface area (Å²) in [5.74, 6) is -2.23. The molecule has 1 aromatic rings. The van der Waals surface area contributed by atoms with E-state index in [1.807, 2.05) is 0 Å². The molecule has 1 atom stereocenters. The van der Waals surface area contributed by atoms with Gasteiger partial charge in [0.05, 0.1) is 0 Å². The number of carbonyl (C=O) groups excluding carboxylic acids is 1. The number of halogens is 1. The first-order valence-corrected chi connectivity index (χ1v) is 5.92. The van der Waals surface area contributed by atoms with Gasteiger partial charge in [-0.05, 0) is 30.0 Å². The van der Waals surface area contributed by atoms with Crippen LogP contribution in [-0.2, 0) is 4.79 Å². The third-order valence-electron chi connectivity index (χ3n) is 2.83. The SMILES string of the molecule is Cc1ccc(F)cc1C(=O)N[C@@H](C(=O)O)C(C)(C)C. The highest BCUT2D eigenvalue weighted by molar-refractivity contribution is 5.97. The standard InChI is InChI=1S/C14H18FNO3/c1-8-5-6-9(15)7-10(8)12(17)16-11(13(18)19)14(2,3)4/h5-7,11H,1-4H3,(H,16,17)(H,18,19)/t11-/m0/s1. The highest BCUT2D eigenvalue weighted by Crippen LogP contribution is 2.20. The molecule has 4 nitrogen and oxygen atoms in total. The fourth-order valence-electron chi connectivity index (χ4n) is 1.70. The first-order valence-electron chi connectivity index (χ1n) is 5.92. The van der Waals surface area contributed by atoms with E-state index in [9.17, 15) is 14.0 Å². The maximum absolute atomic E-state index is 13.1. The van der Waals surface area contributed by atoms with E-state index in [1.165, 1.54) is 12.1 Å². The maximum atomic E-state index is 13.1. The van der Waals surface area contributed by atoms with Crippen molar-refractivity contribution in [2.24, 2.45) is 5.41 Å². The monoisotopic (exact) mass is 267 g/mol. The Kier molecular flexibility index (Phi) is 4.29. The molecule has 0 heterocycles. The quantitative estimate of drug-likeness (QED) is 0.883. The van der Waals surface area contributed by atoms with Crippen molar-refractivity contribution >= 4 is 11.9 Å². The lowest BCUT2D eigenvalue weighted by Gasteiger charge is -2.28. The number of carboxylic acids is 1. The van der Waals surface area contributed by atoms with E-state index in [0.717, 1.165) is 6.07 Å². The second-order valence-corrected chi connectivity index (χ2v) is 5.57. The van der Waals surface area contributed by atoms with Crippen molar-refractivity contribution < 1.29 is 19.1 Å². The molecule has 0 unspecified atom stereocenters. The number of hydrogen-bond donors (Lipinski definition) is 2. The Morgan fingerprint density at radius 2 is 1.89 bits per heavy atom. The number of nitrogens with one attached hydrogen (secondary N) is 1. The zero-order valence-electron chi connectivity index (χ0n) is 11.5. The van der Waals surface area contributed by atoms with Crippen LogP contribution in [0.25, 0.3) is 0 Å². The van der Waals surface area contributed by atoms with E-state index in [2.05, 4.69) is 5.32 Å². The van der Waals surface area contributed by atoms with Crippen LogP contribution >= 0.6 is 0 Å². The summed E-state index contributed by atoms with van der Waals surface area (Å²) in [6.45, 7) is 6.81. The van der Waals surface area contributed by atoms with Gasteiger partial charge < -0.3 is 10.4 Å². The topological polar surface area (TPSA) is 66.4 Å². The Morgan fingerprint density at radius 1 is 1.32 bits per heavy atom. The molecule has 0 spiro atoms. The maximum Gasteiger partial charge on any atom is 0.326 e. The Balaban J connectivity index is 3.01. The molecular weight excluding hydrogens is 249 g/mol. The summed E-state index contributed by atoms with van der Waals surface area (Å²) < 4.78 is 13.1. The molecule has 0 fully saturated rings. The third-order valence-corrected chi connectivity index (χ3v) is 2.83. The molecule has 0 bridgehead atoms. The number of hydrogen-bond acceptors (Lipinski definition) is 2. The second kappa shape index (κ2) is 5.38. The van der Waals surface area contributed by atoms with Gasteiger partial charge >= 0.3 is 5.97 Å². The van der Waals surface area contributed by atoms with Crippen molar-refractivity contribution in [1.29, 1.82) is 0 Å². The van der Waals surface area contributed by atoms with Crippen molar-refractivity contribution in [3.05, 3.63) is 35.1 Å². The molecule has 0 aliphatic heterocycles. The number of carbonyl (C=O) groups is 2. The van der Waals surface area contributed by atoms with Crippen LogP contribution in [0, 0.1) is 18.2 Å². The van der Waals surface area contributed by atoms with Crippen LogP contribution in [0.3, 0.4) is 0 Å². The van der Waals surface area contributed by atoms with Crippen LogP contribution < -0.4 is 5.32 Å². The zero-order chi connectivity index (χ0) is 14.8. The minimum atomic E-state index is -1.12. The summed E-state index contributed by atoms with van der Waals surface area (Å²) in [6.07, 6.45) is 0. The summed E-state index contributed by atoms with van der Waals surface area (Å²) >= 11 is 0. The summed E-state index contributed by atoms with van der Waals surface area (Å²) in [7, 11) is 0. The second-order valence-electron chi connectivity index (χ2n) is 5.57. The van der Waals surface area contributed by atoms with Crippen molar-refractivity contribution in [2.45, 2.75) is 33.7 Å². The number of amides is 1. The number of carboxylic acid groups (broad SMARTS) is 1. The van der Waals surface area contributed by atoms with Gasteiger partial charge in [0.1, 0.15) is 11.9 Å². The van der Waals surface area contributed by atoms with Gasteiger partial charge in [0.2, 0.25) is 0 Å². The fourth-order valence-corrected chi connectivity index (χ4v) is 1.70. The minimum absolute atomic E-state index is 0.149. The molecule has 104 valence electrons. The number of aliphatic carboxylic acids is 1. The van der Waals surface area contributed by atoms with Crippen LogP contribution in [0.4, 0.5) is 4.39 Å². The molecule has 0 saturated carbocycles. The summed E-state index contributed by atoms with van der Waals surface area (Å²) in [5.41, 5.74) is 0.107. The Labute approximate surface area is 111 Å². The third kappa shape index (κ3) is 3.77. The van der Waals surface area contributed by atoms with Crippen LogP contribution in [0.1, 0.15) is 36.7 Å². The normalized spacial score (nSPS) is 12.9. The summed E-state index contributed by atoms with van der Waals surface area (Å²) in [4.78, 5) is 23.2. The fraction of sp³-hybridized carbons (Fsp3) is 0.429. The van der Waals surface area contributed by atoms with E-state index in [1.54, 1.807) is 27.7 Å². The van der Waals surface area contributed by atoms with Gasteiger partial charge in [-0.15, -0.1) is 0 Å². The molecule has 0 aliphatic carbocycles. The first-order chi connectivity index (χ1) is 8.62. The summed E-state index contributed by atoms with van der Waals surface area (Å²) in [5, 5.41) is 11.6. The Bertz CT molecular complexity index is 506. The van der Waals surface area contributed by atoms with Crippen molar-refractivity contribution in [1.82, 2.24) is 5.32 Å². The highest BCUT2D eigenvalue weighted by atomic mass is 19.1. The van der Waals surface area contributed by atoms with E-state index >= 15 is 0 Å². The van der Waals surface area contributed by atoms with Crippen LogP contribution in [-0.4, -0.2) is 23.0 Å². The lowest BCUT2D eigenvalue weighted by Crippen LogP contribution is -2.49. The van der Waals surface area contributed by atoms with Gasteiger partial charge in [-0.25, -0.2) is 9.18 Å². The molecule has 1 rings (SSSR count). The molecule has 0 radical (unpaired) electrons. The lowest BCUT2D eigenvalue weighted by atomic mass is 9.86. The highest BCUT2D eigenvalue weighted by Gasteiger charge is 2.33. The van der Waals surface area contributed by atoms with Crippen molar-refractivity contribution in [3.8, 4) is 0 Å². The molecule has 19 heavy (non-hydrogen) atoms. The van der Waals surface area contributed by atoms with Crippen LogP contribution in [0.5, 0.6) is 0 Å². The first kappa shape index (κ1) is 15.1. The molecule has 0 aliphatic rings. The minimum Gasteiger partial charge on any atom is -0.480 e. The van der Waals surface area contributed by atoms with E-state index in [0.29, 0.717) is 5.56 Å². The number of aryl methyl sites for hydroxylation is 1. The van der Waals surface area contributed by atoms with Crippen molar-refractivity contribution in [2.75, 3.05) is 0 Å². The van der Waals surface area contributed by atoms with Gasteiger partial charge in [-0.2, -0.15) is 0 Å². The predicted octanol–water partition coefficient (Wildman–Crippen LogP) is 2.36. The average Bonchev–Trinajstić information content (AvgIpc) is 2.26. The molecule has 2 N–H and O–H groups in total. The number of rotatable bonds is 3. The van der Waals surface area contributed by atoms with E-state index in [4.69, 9.17) is 5.11 Å². The predicted molar refractivity (Wildman–Crippen MR) is 69.5 cm³/mol. The molecule has 0 aromatic heterocycles. The van der Waals surface area contributed by atoms with Gasteiger partial charge in [0, 0.05) is 5.56 Å². The Hall–Kier alpha value is -1.91. The largest absolute Gasteiger partial charge is 0.480 e. The molecule has 0 saturated heterocycles. The lowest BCUT2D eigenvalue weighted by molar-refractivity contribution is -0.142. The Morgan fingerprint density at radius 3 is 2.37 bits per heavy atom. The summed E-state index contributed by atoms with van der Waals surface area (Å²) in [6, 6.07) is 2.80. The molecular formula is C14H18FNO3. The van der Waals surface area contributed by atoms with Gasteiger partial charge in [0.15, 0.2) is 0 Å². The van der Waals surface area contributed by atoms with Gasteiger partial charge in [-0.1, -0.05) is 26.8 Å². The zero-order valence-corrected chi connectivity index (χ0v) is 11.5. The average molecular weight is 267 g/mol. The molecule has 5 heteroatoms. The molecule has 1 amide bonds. The smallest absolute Gasteiger partial charge is 0.326 e. The molecule has 1 aromatic carbocycles.